The van der Waals surface area contributed by atoms with Gasteiger partial charge >= 0.3 is 5.97 Å². The molecule has 0 aliphatic heterocycles. The SMILES string of the molecule is CC(C(=O)O)C(Cl)CCCl. The number of rotatable bonds is 4. The third-order valence-corrected chi connectivity index (χ3v) is 2.13. The highest BCUT2D eigenvalue weighted by molar-refractivity contribution is 6.23. The normalized spacial score (nSPS) is 16.3. The molecule has 0 bridgehead atoms. The van der Waals surface area contributed by atoms with Crippen molar-refractivity contribution in [1.82, 2.24) is 0 Å². The Bertz CT molecular complexity index is 116. The summed E-state index contributed by atoms with van der Waals surface area (Å²) in [6.45, 7) is 1.58. The van der Waals surface area contributed by atoms with Crippen molar-refractivity contribution in [3.8, 4) is 0 Å². The summed E-state index contributed by atoms with van der Waals surface area (Å²) in [5.41, 5.74) is 0. The Balaban J connectivity index is 3.69. The van der Waals surface area contributed by atoms with Gasteiger partial charge in [-0.2, -0.15) is 0 Å². The molecule has 0 aromatic heterocycles. The van der Waals surface area contributed by atoms with E-state index < -0.39 is 11.9 Å². The van der Waals surface area contributed by atoms with E-state index in [1.165, 1.54) is 0 Å². The Labute approximate surface area is 70.1 Å². The van der Waals surface area contributed by atoms with E-state index in [9.17, 15) is 4.79 Å². The van der Waals surface area contributed by atoms with Gasteiger partial charge < -0.3 is 5.11 Å². The monoisotopic (exact) mass is 184 g/mol. The first-order valence-corrected chi connectivity index (χ1v) is 3.99. The van der Waals surface area contributed by atoms with E-state index >= 15 is 0 Å². The molecule has 2 atom stereocenters. The largest absolute Gasteiger partial charge is 0.481 e. The van der Waals surface area contributed by atoms with Crippen LogP contribution in [0.5, 0.6) is 0 Å². The quantitative estimate of drug-likeness (QED) is 0.679. The number of hydrogen-bond acceptors (Lipinski definition) is 1. The Morgan fingerprint density at radius 1 is 1.70 bits per heavy atom. The number of halogens is 2. The fourth-order valence-electron chi connectivity index (χ4n) is 0.509. The lowest BCUT2D eigenvalue weighted by Gasteiger charge is -2.10. The van der Waals surface area contributed by atoms with Crippen molar-refractivity contribution in [3.63, 3.8) is 0 Å². The van der Waals surface area contributed by atoms with E-state index in [2.05, 4.69) is 0 Å². The Hall–Kier alpha value is 0.0500. The first kappa shape index (κ1) is 10.0. The second-order valence-electron chi connectivity index (χ2n) is 2.12. The van der Waals surface area contributed by atoms with E-state index in [4.69, 9.17) is 28.3 Å². The average Bonchev–Trinajstić information content (AvgIpc) is 1.87. The molecule has 0 aromatic carbocycles. The predicted molar refractivity (Wildman–Crippen MR) is 41.8 cm³/mol. The number of hydrogen-bond donors (Lipinski definition) is 1. The van der Waals surface area contributed by atoms with E-state index in [0.29, 0.717) is 12.3 Å². The molecule has 10 heavy (non-hydrogen) atoms. The van der Waals surface area contributed by atoms with Crippen LogP contribution in [0.15, 0.2) is 0 Å². The minimum Gasteiger partial charge on any atom is -0.481 e. The van der Waals surface area contributed by atoms with E-state index in [0.717, 1.165) is 0 Å². The van der Waals surface area contributed by atoms with Gasteiger partial charge in [-0.3, -0.25) is 4.79 Å². The van der Waals surface area contributed by atoms with Crippen LogP contribution < -0.4 is 0 Å². The molecule has 0 spiro atoms. The molecule has 2 unspecified atom stereocenters. The van der Waals surface area contributed by atoms with Crippen molar-refractivity contribution in [3.05, 3.63) is 0 Å². The Morgan fingerprint density at radius 2 is 2.20 bits per heavy atom. The first-order valence-electron chi connectivity index (χ1n) is 3.02. The maximum atomic E-state index is 10.3. The third kappa shape index (κ3) is 3.28. The summed E-state index contributed by atoms with van der Waals surface area (Å²) in [6, 6.07) is 0. The van der Waals surface area contributed by atoms with Crippen LogP contribution in [0, 0.1) is 5.92 Å². The molecule has 0 radical (unpaired) electrons. The van der Waals surface area contributed by atoms with E-state index in [1.807, 2.05) is 0 Å². The van der Waals surface area contributed by atoms with Gasteiger partial charge in [0, 0.05) is 11.3 Å². The summed E-state index contributed by atoms with van der Waals surface area (Å²) in [6.07, 6.45) is 0.538. The molecule has 2 nitrogen and oxygen atoms in total. The van der Waals surface area contributed by atoms with E-state index in [-0.39, 0.29) is 5.38 Å². The predicted octanol–water partition coefficient (Wildman–Crippen LogP) is 1.94. The lowest BCUT2D eigenvalue weighted by molar-refractivity contribution is -0.141. The molecule has 0 aliphatic rings. The molecule has 60 valence electrons. The summed E-state index contributed by atoms with van der Waals surface area (Å²) in [5.74, 6) is -0.975. The molecule has 1 N–H and O–H groups in total. The lowest BCUT2D eigenvalue weighted by Crippen LogP contribution is -2.21. The van der Waals surface area contributed by atoms with Crippen molar-refractivity contribution in [2.45, 2.75) is 18.7 Å². The lowest BCUT2D eigenvalue weighted by atomic mass is 10.1. The van der Waals surface area contributed by atoms with Crippen LogP contribution in [0.1, 0.15) is 13.3 Å². The molecule has 0 rings (SSSR count). The van der Waals surface area contributed by atoms with Gasteiger partial charge in [-0.15, -0.1) is 23.2 Å². The topological polar surface area (TPSA) is 37.3 Å². The summed E-state index contributed by atoms with van der Waals surface area (Å²) >= 11 is 11.0. The van der Waals surface area contributed by atoms with Gasteiger partial charge in [-0.05, 0) is 6.42 Å². The summed E-state index contributed by atoms with van der Waals surface area (Å²) < 4.78 is 0. The van der Waals surface area contributed by atoms with Crippen LogP contribution in [-0.2, 0) is 4.79 Å². The number of carbonyl (C=O) groups is 1. The van der Waals surface area contributed by atoms with Gasteiger partial charge in [0.1, 0.15) is 0 Å². The van der Waals surface area contributed by atoms with Crippen molar-refractivity contribution < 1.29 is 9.90 Å². The van der Waals surface area contributed by atoms with Crippen molar-refractivity contribution in [2.75, 3.05) is 5.88 Å². The minimum atomic E-state index is -0.870. The van der Waals surface area contributed by atoms with Crippen LogP contribution >= 0.6 is 23.2 Å². The van der Waals surface area contributed by atoms with Crippen molar-refractivity contribution in [2.24, 2.45) is 5.92 Å². The van der Waals surface area contributed by atoms with Crippen LogP contribution in [0.4, 0.5) is 0 Å². The fourth-order valence-corrected chi connectivity index (χ4v) is 1.07. The molecular weight excluding hydrogens is 175 g/mol. The van der Waals surface area contributed by atoms with Gasteiger partial charge in [0.2, 0.25) is 0 Å². The second kappa shape index (κ2) is 4.80. The number of carboxylic acids is 1. The van der Waals surface area contributed by atoms with Gasteiger partial charge in [0.05, 0.1) is 5.92 Å². The zero-order valence-electron chi connectivity index (χ0n) is 5.68. The van der Waals surface area contributed by atoms with Gasteiger partial charge in [0.15, 0.2) is 0 Å². The maximum Gasteiger partial charge on any atom is 0.307 e. The summed E-state index contributed by atoms with van der Waals surface area (Å²) in [4.78, 5) is 10.3. The zero-order valence-corrected chi connectivity index (χ0v) is 7.19. The minimum absolute atomic E-state index is 0.352. The van der Waals surface area contributed by atoms with Crippen LogP contribution in [0.3, 0.4) is 0 Å². The third-order valence-electron chi connectivity index (χ3n) is 1.32. The van der Waals surface area contributed by atoms with Gasteiger partial charge in [0.25, 0.3) is 0 Å². The smallest absolute Gasteiger partial charge is 0.307 e. The Morgan fingerprint density at radius 3 is 2.50 bits per heavy atom. The molecule has 0 aliphatic carbocycles. The van der Waals surface area contributed by atoms with E-state index in [1.54, 1.807) is 6.92 Å². The number of carboxylic acid groups (broad SMARTS) is 1. The van der Waals surface area contributed by atoms with Crippen molar-refractivity contribution >= 4 is 29.2 Å². The standard InChI is InChI=1S/C6H10Cl2O2/c1-4(6(9)10)5(8)2-3-7/h4-5H,2-3H2,1H3,(H,9,10). The average molecular weight is 185 g/mol. The molecule has 0 saturated heterocycles. The summed E-state index contributed by atoms with van der Waals surface area (Å²) in [5, 5.41) is 8.10. The molecular formula is C6H10Cl2O2. The number of alkyl halides is 2. The van der Waals surface area contributed by atoms with Crippen molar-refractivity contribution in [1.29, 1.82) is 0 Å². The van der Waals surface area contributed by atoms with Gasteiger partial charge in [-0.25, -0.2) is 0 Å². The van der Waals surface area contributed by atoms with Crippen LogP contribution in [0.2, 0.25) is 0 Å². The molecule has 0 aromatic rings. The first-order chi connectivity index (χ1) is 4.59. The summed E-state index contributed by atoms with van der Waals surface area (Å²) in [7, 11) is 0. The molecule has 0 amide bonds. The van der Waals surface area contributed by atoms with Crippen LogP contribution in [0.25, 0.3) is 0 Å². The highest BCUT2D eigenvalue weighted by Crippen LogP contribution is 2.14. The molecule has 0 heterocycles. The highest BCUT2D eigenvalue weighted by atomic mass is 35.5. The number of aliphatic carboxylic acids is 1. The van der Waals surface area contributed by atoms with Crippen LogP contribution in [-0.4, -0.2) is 22.3 Å². The molecule has 0 saturated carbocycles. The fraction of sp³-hybridized carbons (Fsp3) is 0.833. The maximum absolute atomic E-state index is 10.3. The Kier molecular flexibility index (Phi) is 4.83. The highest BCUT2D eigenvalue weighted by Gasteiger charge is 2.20. The zero-order chi connectivity index (χ0) is 8.15. The second-order valence-corrected chi connectivity index (χ2v) is 3.06. The molecule has 4 heteroatoms. The molecule has 0 fully saturated rings. The van der Waals surface area contributed by atoms with Gasteiger partial charge in [-0.1, -0.05) is 6.92 Å².